The lowest BCUT2D eigenvalue weighted by Crippen LogP contribution is -2.57. The van der Waals surface area contributed by atoms with E-state index in [9.17, 15) is 37.5 Å². The maximum atomic E-state index is 13.3. The number of carboxylic acid groups (broad SMARTS) is 2. The number of hydrogen-bond donors (Lipinski definition) is 3. The summed E-state index contributed by atoms with van der Waals surface area (Å²) in [5.41, 5.74) is 0.912. The molecule has 2 aromatic rings. The smallest absolute Gasteiger partial charge is 0.480 e. The number of nitrogens with two attached hydrogens (primary N) is 1. The van der Waals surface area contributed by atoms with Crippen molar-refractivity contribution in [3.63, 3.8) is 0 Å². The number of hydrazone groups is 1. The Balaban J connectivity index is 0.000000587. The zero-order chi connectivity index (χ0) is 30.4. The van der Waals surface area contributed by atoms with Crippen molar-refractivity contribution in [2.24, 2.45) is 10.9 Å². The second kappa shape index (κ2) is 12.5. The molecule has 2 aliphatic heterocycles. The van der Waals surface area contributed by atoms with Crippen LogP contribution in [0.2, 0.25) is 0 Å². The molecule has 2 fully saturated rings. The van der Waals surface area contributed by atoms with Crippen LogP contribution in [0.25, 0.3) is 0 Å². The number of carbonyl (C=O) groups excluding carboxylic acids is 3. The number of piperidine rings is 1. The Morgan fingerprint density at radius 1 is 0.976 bits per heavy atom. The molecule has 1 spiro atoms. The minimum absolute atomic E-state index is 0.180. The molecule has 0 aliphatic carbocycles. The molecule has 0 unspecified atom stereocenters. The number of aliphatic carboxylic acids is 2. The summed E-state index contributed by atoms with van der Waals surface area (Å²) in [5.74, 6) is 0.439. The third kappa shape index (κ3) is 6.98. The Hall–Kier alpha value is -4.95. The lowest BCUT2D eigenvalue weighted by atomic mass is 9.85. The Morgan fingerprint density at radius 3 is 2.02 bits per heavy atom. The first kappa shape index (κ1) is 30.6. The van der Waals surface area contributed by atoms with E-state index >= 15 is 0 Å². The highest BCUT2D eigenvalue weighted by atomic mass is 19.4. The molecule has 218 valence electrons. The lowest BCUT2D eigenvalue weighted by Gasteiger charge is -2.42. The van der Waals surface area contributed by atoms with E-state index in [0.29, 0.717) is 5.56 Å². The first-order chi connectivity index (χ1) is 19.3. The number of amides is 4. The molecule has 12 nitrogen and oxygen atoms in total. The van der Waals surface area contributed by atoms with Crippen LogP contribution < -0.4 is 5.84 Å². The van der Waals surface area contributed by atoms with Gasteiger partial charge in [0.05, 0.1) is 6.21 Å². The van der Waals surface area contributed by atoms with Gasteiger partial charge in [-0.2, -0.15) is 18.3 Å². The van der Waals surface area contributed by atoms with Gasteiger partial charge in [-0.3, -0.25) is 19.3 Å². The molecule has 41 heavy (non-hydrogen) atoms. The molecule has 2 aliphatic rings. The Labute approximate surface area is 231 Å². The zero-order valence-corrected chi connectivity index (χ0v) is 21.5. The largest absolute Gasteiger partial charge is 0.490 e. The summed E-state index contributed by atoms with van der Waals surface area (Å²) >= 11 is 0. The fourth-order valence-corrected chi connectivity index (χ4v) is 4.59. The summed E-state index contributed by atoms with van der Waals surface area (Å²) < 4.78 is 31.7. The highest BCUT2D eigenvalue weighted by molar-refractivity contribution is 6.09. The van der Waals surface area contributed by atoms with Crippen LogP contribution in [-0.2, 0) is 20.9 Å². The molecule has 2 saturated heterocycles. The number of benzene rings is 2. The number of likely N-dealkylation sites (tertiary alicyclic amines) is 1. The molecule has 2 aromatic carbocycles. The van der Waals surface area contributed by atoms with Crippen LogP contribution >= 0.6 is 0 Å². The van der Waals surface area contributed by atoms with Gasteiger partial charge in [-0.15, -0.1) is 0 Å². The predicted octanol–water partition coefficient (Wildman–Crippen LogP) is 2.14. The topological polar surface area (TPSA) is 174 Å². The second-order valence-electron chi connectivity index (χ2n) is 9.17. The number of imide groups is 1. The fourth-order valence-electron chi connectivity index (χ4n) is 4.59. The van der Waals surface area contributed by atoms with Crippen molar-refractivity contribution in [3.05, 3.63) is 71.3 Å². The van der Waals surface area contributed by atoms with Gasteiger partial charge < -0.3 is 25.9 Å². The molecular weight excluding hydrogens is 551 g/mol. The van der Waals surface area contributed by atoms with E-state index in [0.717, 1.165) is 16.0 Å². The van der Waals surface area contributed by atoms with E-state index in [4.69, 9.17) is 15.7 Å². The summed E-state index contributed by atoms with van der Waals surface area (Å²) in [4.78, 5) is 63.6. The third-order valence-electron chi connectivity index (χ3n) is 6.60. The Bertz CT molecular complexity index is 1330. The van der Waals surface area contributed by atoms with Crippen LogP contribution in [0.15, 0.2) is 59.7 Å². The van der Waals surface area contributed by atoms with Crippen LogP contribution in [0.1, 0.15) is 34.3 Å². The predicted molar refractivity (Wildman–Crippen MR) is 137 cm³/mol. The van der Waals surface area contributed by atoms with Crippen molar-refractivity contribution >= 4 is 36.0 Å². The number of alkyl halides is 3. The minimum atomic E-state index is -5.08. The number of nitrogens with zero attached hydrogens (tertiary/aromatic N) is 4. The quantitative estimate of drug-likeness (QED) is 0.203. The van der Waals surface area contributed by atoms with Gasteiger partial charge in [0, 0.05) is 25.2 Å². The molecule has 0 aromatic heterocycles. The molecule has 4 rings (SSSR count). The maximum absolute atomic E-state index is 13.3. The van der Waals surface area contributed by atoms with Crippen LogP contribution in [0.5, 0.6) is 0 Å². The summed E-state index contributed by atoms with van der Waals surface area (Å²) in [7, 11) is 0. The van der Waals surface area contributed by atoms with E-state index < -0.39 is 42.1 Å². The number of urea groups is 1. The first-order valence-corrected chi connectivity index (χ1v) is 12.1. The highest BCUT2D eigenvalue weighted by Gasteiger charge is 2.58. The van der Waals surface area contributed by atoms with Gasteiger partial charge in [-0.25, -0.2) is 9.59 Å². The average Bonchev–Trinajstić information content (AvgIpc) is 3.11. The van der Waals surface area contributed by atoms with Crippen molar-refractivity contribution in [3.8, 4) is 0 Å². The van der Waals surface area contributed by atoms with Crippen LogP contribution in [-0.4, -0.2) is 92.3 Å². The molecule has 0 saturated carbocycles. The van der Waals surface area contributed by atoms with Gasteiger partial charge in [0.25, 0.3) is 11.8 Å². The van der Waals surface area contributed by atoms with E-state index in [1.807, 2.05) is 30.3 Å². The van der Waals surface area contributed by atoms with Gasteiger partial charge in [0.2, 0.25) is 0 Å². The summed E-state index contributed by atoms with van der Waals surface area (Å²) in [6.07, 6.45) is -3.15. The van der Waals surface area contributed by atoms with E-state index in [1.54, 1.807) is 29.2 Å². The summed E-state index contributed by atoms with van der Waals surface area (Å²) in [5, 5.41) is 19.8. The van der Waals surface area contributed by atoms with E-state index in [1.165, 1.54) is 11.1 Å². The molecule has 4 amide bonds. The number of halogens is 3. The van der Waals surface area contributed by atoms with Gasteiger partial charge >= 0.3 is 24.1 Å². The Kier molecular flexibility index (Phi) is 9.32. The normalized spacial score (nSPS) is 16.6. The molecule has 0 atom stereocenters. The third-order valence-corrected chi connectivity index (χ3v) is 6.60. The van der Waals surface area contributed by atoms with Crippen molar-refractivity contribution < 1.29 is 47.4 Å². The molecule has 0 bridgehead atoms. The number of hydrogen-bond acceptors (Lipinski definition) is 7. The molecule has 15 heteroatoms. The highest BCUT2D eigenvalue weighted by Crippen LogP contribution is 2.38. The van der Waals surface area contributed by atoms with Gasteiger partial charge in [-0.05, 0) is 36.1 Å². The molecular formula is C26H26F3N5O7. The average molecular weight is 578 g/mol. The van der Waals surface area contributed by atoms with Crippen molar-refractivity contribution in [2.45, 2.75) is 31.1 Å². The molecule has 2 heterocycles. The number of rotatable bonds is 6. The lowest BCUT2D eigenvalue weighted by molar-refractivity contribution is -0.192. The van der Waals surface area contributed by atoms with E-state index in [2.05, 4.69) is 5.10 Å². The summed E-state index contributed by atoms with van der Waals surface area (Å²) in [6.45, 7) is 0.0115. The van der Waals surface area contributed by atoms with E-state index in [-0.39, 0.29) is 38.4 Å². The second-order valence-corrected chi connectivity index (χ2v) is 9.17. The number of carboxylic acids is 2. The SMILES string of the molecule is NN=Cc1ccc(C(=O)N2CCC3(CC2)C(=O)N(CC(=O)O)C(=O)N3Cc2ccccc2)cc1.O=C(O)C(F)(F)F. The van der Waals surface area contributed by atoms with Crippen LogP contribution in [0, 0.1) is 0 Å². The minimum Gasteiger partial charge on any atom is -0.480 e. The zero-order valence-electron chi connectivity index (χ0n) is 21.5. The standard InChI is InChI=1S/C24H25N5O5.C2HF3O2/c25-26-14-17-6-8-19(9-7-17)21(32)27-12-10-24(11-13-27)22(33)28(16-20(30)31)23(34)29(24)15-18-4-2-1-3-5-18;3-2(4,5)1(6)7/h1-9,14H,10-13,15-16,25H2,(H,30,31);(H,6,7). The molecule has 0 radical (unpaired) electrons. The summed E-state index contributed by atoms with van der Waals surface area (Å²) in [6, 6.07) is 15.5. The van der Waals surface area contributed by atoms with Crippen molar-refractivity contribution in [1.29, 1.82) is 0 Å². The van der Waals surface area contributed by atoms with Crippen molar-refractivity contribution in [1.82, 2.24) is 14.7 Å². The van der Waals surface area contributed by atoms with Crippen molar-refractivity contribution in [2.75, 3.05) is 19.6 Å². The van der Waals surface area contributed by atoms with Gasteiger partial charge in [-0.1, -0.05) is 42.5 Å². The van der Waals surface area contributed by atoms with Crippen LogP contribution in [0.3, 0.4) is 0 Å². The molecule has 4 N–H and O–H groups in total. The Morgan fingerprint density at radius 2 is 1.54 bits per heavy atom. The monoisotopic (exact) mass is 577 g/mol. The first-order valence-electron chi connectivity index (χ1n) is 12.1. The maximum Gasteiger partial charge on any atom is 0.490 e. The number of carbonyl (C=O) groups is 5. The van der Waals surface area contributed by atoms with Crippen LogP contribution in [0.4, 0.5) is 18.0 Å². The fraction of sp³-hybridized carbons (Fsp3) is 0.308. The van der Waals surface area contributed by atoms with Gasteiger partial charge in [0.1, 0.15) is 12.1 Å². The van der Waals surface area contributed by atoms with Gasteiger partial charge in [0.15, 0.2) is 0 Å².